The zero-order valence-corrected chi connectivity index (χ0v) is 10.8. The summed E-state index contributed by atoms with van der Waals surface area (Å²) in [5.74, 6) is 0. The number of hydrogen-bond donors (Lipinski definition) is 1. The predicted molar refractivity (Wildman–Crippen MR) is 66.4 cm³/mol. The van der Waals surface area contributed by atoms with Crippen LogP contribution in [0.3, 0.4) is 0 Å². The predicted octanol–water partition coefficient (Wildman–Crippen LogP) is 3.09. The van der Waals surface area contributed by atoms with E-state index in [4.69, 9.17) is 4.74 Å². The Morgan fingerprint density at radius 3 is 2.00 bits per heavy atom. The summed E-state index contributed by atoms with van der Waals surface area (Å²) < 4.78 is 5.41. The van der Waals surface area contributed by atoms with Crippen molar-refractivity contribution in [2.24, 2.45) is 5.41 Å². The highest BCUT2D eigenvalue weighted by atomic mass is 16.5. The molecule has 2 unspecified atom stereocenters. The first-order valence-corrected chi connectivity index (χ1v) is 5.63. The Bertz CT molecular complexity index is 322. The average molecular weight is 222 g/mol. The molecule has 0 saturated carbocycles. The van der Waals surface area contributed by atoms with Crippen LogP contribution in [0.5, 0.6) is 0 Å². The Morgan fingerprint density at radius 1 is 1.12 bits per heavy atom. The van der Waals surface area contributed by atoms with Crippen LogP contribution in [0.25, 0.3) is 0 Å². The molecule has 0 saturated heterocycles. The maximum Gasteiger partial charge on any atom is 0.106 e. The lowest BCUT2D eigenvalue weighted by atomic mass is 9.83. The summed E-state index contributed by atoms with van der Waals surface area (Å²) in [6, 6.07) is 7.93. The molecule has 0 aliphatic heterocycles. The molecule has 1 N–H and O–H groups in total. The molecule has 0 amide bonds. The molecule has 90 valence electrons. The molecule has 1 aromatic rings. The first kappa shape index (κ1) is 13.2. The quantitative estimate of drug-likeness (QED) is 0.851. The fraction of sp³-hybridized carbons (Fsp3) is 0.571. The van der Waals surface area contributed by atoms with Crippen LogP contribution in [-0.2, 0) is 4.74 Å². The number of methoxy groups -OCH3 is 1. The average Bonchev–Trinajstić information content (AvgIpc) is 2.17. The second-order valence-corrected chi connectivity index (χ2v) is 5.38. The van der Waals surface area contributed by atoms with Gasteiger partial charge in [0.1, 0.15) is 6.10 Å². The van der Waals surface area contributed by atoms with Crippen molar-refractivity contribution >= 4 is 0 Å². The van der Waals surface area contributed by atoms with Crippen molar-refractivity contribution < 1.29 is 9.84 Å². The van der Waals surface area contributed by atoms with Gasteiger partial charge in [-0.25, -0.2) is 0 Å². The van der Waals surface area contributed by atoms with E-state index in [2.05, 4.69) is 20.8 Å². The van der Waals surface area contributed by atoms with Gasteiger partial charge < -0.3 is 9.84 Å². The minimum atomic E-state index is -0.578. The Balaban J connectivity index is 2.91. The molecule has 0 aliphatic carbocycles. The van der Waals surface area contributed by atoms with Gasteiger partial charge in [-0.2, -0.15) is 0 Å². The first-order chi connectivity index (χ1) is 7.36. The Kier molecular flexibility index (Phi) is 4.11. The second-order valence-electron chi connectivity index (χ2n) is 5.38. The third kappa shape index (κ3) is 3.06. The Morgan fingerprint density at radius 2 is 1.62 bits per heavy atom. The number of rotatable bonds is 3. The van der Waals surface area contributed by atoms with E-state index in [1.54, 1.807) is 7.11 Å². The van der Waals surface area contributed by atoms with Crippen LogP contribution in [0.2, 0.25) is 0 Å². The summed E-state index contributed by atoms with van der Waals surface area (Å²) in [4.78, 5) is 0. The topological polar surface area (TPSA) is 29.5 Å². The van der Waals surface area contributed by atoms with Crippen molar-refractivity contribution in [3.8, 4) is 0 Å². The van der Waals surface area contributed by atoms with E-state index in [0.717, 1.165) is 5.56 Å². The lowest BCUT2D eigenvalue weighted by Crippen LogP contribution is -2.34. The zero-order chi connectivity index (χ0) is 12.3. The van der Waals surface area contributed by atoms with Gasteiger partial charge in [0.05, 0.1) is 6.10 Å². The fourth-order valence-corrected chi connectivity index (χ4v) is 1.89. The van der Waals surface area contributed by atoms with Crippen LogP contribution in [0.15, 0.2) is 24.3 Å². The molecule has 0 bridgehead atoms. The van der Waals surface area contributed by atoms with Crippen molar-refractivity contribution in [2.45, 2.75) is 39.9 Å². The molecule has 1 aromatic carbocycles. The van der Waals surface area contributed by atoms with Gasteiger partial charge in [-0.15, -0.1) is 0 Å². The summed E-state index contributed by atoms with van der Waals surface area (Å²) in [7, 11) is 1.65. The molecule has 0 heterocycles. The van der Waals surface area contributed by atoms with E-state index in [0.29, 0.717) is 0 Å². The van der Waals surface area contributed by atoms with Gasteiger partial charge in [0.25, 0.3) is 0 Å². The minimum absolute atomic E-state index is 0.0843. The molecule has 0 aliphatic rings. The summed E-state index contributed by atoms with van der Waals surface area (Å²) in [6.45, 7) is 8.24. The van der Waals surface area contributed by atoms with E-state index in [1.807, 2.05) is 31.2 Å². The van der Waals surface area contributed by atoms with Crippen LogP contribution >= 0.6 is 0 Å². The summed E-state index contributed by atoms with van der Waals surface area (Å²) in [6.07, 6.45) is -0.777. The lowest BCUT2D eigenvalue weighted by molar-refractivity contribution is -0.0724. The van der Waals surface area contributed by atoms with Crippen LogP contribution in [0.4, 0.5) is 0 Å². The summed E-state index contributed by atoms with van der Waals surface area (Å²) in [5.41, 5.74) is 2.02. The molecule has 2 nitrogen and oxygen atoms in total. The number of benzene rings is 1. The SMILES string of the molecule is COC(C(O)c1ccc(C)cc1)C(C)(C)C. The highest BCUT2D eigenvalue weighted by molar-refractivity contribution is 5.24. The fourth-order valence-electron chi connectivity index (χ4n) is 1.89. The minimum Gasteiger partial charge on any atom is -0.386 e. The smallest absolute Gasteiger partial charge is 0.106 e. The Labute approximate surface area is 98.3 Å². The summed E-state index contributed by atoms with van der Waals surface area (Å²) >= 11 is 0. The number of aliphatic hydroxyl groups excluding tert-OH is 1. The molecule has 0 spiro atoms. The standard InChI is InChI=1S/C14H22O2/c1-10-6-8-11(9-7-10)12(15)13(16-5)14(2,3)4/h6-9,12-13,15H,1-5H3. The van der Waals surface area contributed by atoms with E-state index in [9.17, 15) is 5.11 Å². The zero-order valence-electron chi connectivity index (χ0n) is 10.8. The van der Waals surface area contributed by atoms with Gasteiger partial charge in [-0.05, 0) is 17.9 Å². The number of ether oxygens (including phenoxy) is 1. The van der Waals surface area contributed by atoms with Gasteiger partial charge in [0, 0.05) is 7.11 Å². The maximum atomic E-state index is 10.3. The second kappa shape index (κ2) is 4.98. The third-order valence-electron chi connectivity index (χ3n) is 2.81. The largest absolute Gasteiger partial charge is 0.386 e. The van der Waals surface area contributed by atoms with Crippen LogP contribution in [0.1, 0.15) is 38.0 Å². The Hall–Kier alpha value is -0.860. The van der Waals surface area contributed by atoms with E-state index >= 15 is 0 Å². The van der Waals surface area contributed by atoms with Crippen molar-refractivity contribution in [3.63, 3.8) is 0 Å². The van der Waals surface area contributed by atoms with Gasteiger partial charge >= 0.3 is 0 Å². The van der Waals surface area contributed by atoms with Crippen molar-refractivity contribution in [3.05, 3.63) is 35.4 Å². The molecule has 0 fully saturated rings. The monoisotopic (exact) mass is 222 g/mol. The lowest BCUT2D eigenvalue weighted by Gasteiger charge is -2.33. The van der Waals surface area contributed by atoms with Crippen LogP contribution < -0.4 is 0 Å². The molecule has 0 aromatic heterocycles. The molecule has 2 heteroatoms. The van der Waals surface area contributed by atoms with Gasteiger partial charge in [0.2, 0.25) is 0 Å². The summed E-state index contributed by atoms with van der Waals surface area (Å²) in [5, 5.41) is 10.3. The molecule has 1 rings (SSSR count). The molecular formula is C14H22O2. The van der Waals surface area contributed by atoms with Gasteiger partial charge in [-0.1, -0.05) is 50.6 Å². The highest BCUT2D eigenvalue weighted by Gasteiger charge is 2.31. The van der Waals surface area contributed by atoms with Gasteiger partial charge in [-0.3, -0.25) is 0 Å². The number of aliphatic hydroxyl groups is 1. The van der Waals surface area contributed by atoms with Crippen LogP contribution in [0, 0.1) is 12.3 Å². The van der Waals surface area contributed by atoms with Crippen molar-refractivity contribution in [2.75, 3.05) is 7.11 Å². The van der Waals surface area contributed by atoms with E-state index in [1.165, 1.54) is 5.56 Å². The van der Waals surface area contributed by atoms with Crippen LogP contribution in [-0.4, -0.2) is 18.3 Å². The third-order valence-corrected chi connectivity index (χ3v) is 2.81. The molecule has 16 heavy (non-hydrogen) atoms. The first-order valence-electron chi connectivity index (χ1n) is 5.63. The molecule has 0 radical (unpaired) electrons. The van der Waals surface area contributed by atoms with E-state index < -0.39 is 6.10 Å². The van der Waals surface area contributed by atoms with E-state index in [-0.39, 0.29) is 11.5 Å². The van der Waals surface area contributed by atoms with Crippen molar-refractivity contribution in [1.82, 2.24) is 0 Å². The van der Waals surface area contributed by atoms with Gasteiger partial charge in [0.15, 0.2) is 0 Å². The maximum absolute atomic E-state index is 10.3. The van der Waals surface area contributed by atoms with Crippen molar-refractivity contribution in [1.29, 1.82) is 0 Å². The number of hydrogen-bond acceptors (Lipinski definition) is 2. The highest BCUT2D eigenvalue weighted by Crippen LogP contribution is 2.32. The molecule has 2 atom stereocenters. The number of aryl methyl sites for hydroxylation is 1. The normalized spacial score (nSPS) is 15.9. The molecular weight excluding hydrogens is 200 g/mol.